The number of allylic oxidation sites excluding steroid dienone is 4. The first kappa shape index (κ1) is 21.5. The zero-order valence-electron chi connectivity index (χ0n) is 18.5. The van der Waals surface area contributed by atoms with Crippen LogP contribution in [0.2, 0.25) is 0 Å². The Kier molecular flexibility index (Phi) is 7.34. The van der Waals surface area contributed by atoms with Crippen molar-refractivity contribution < 1.29 is 9.59 Å². The largest absolute Gasteiger partial charge is 0.300 e. The molecule has 3 aliphatic rings. The molecule has 156 valence electrons. The van der Waals surface area contributed by atoms with E-state index in [1.807, 2.05) is 0 Å². The lowest BCUT2D eigenvalue weighted by Gasteiger charge is -2.43. The quantitative estimate of drug-likeness (QED) is 0.498. The highest BCUT2D eigenvalue weighted by Gasteiger charge is 2.39. The summed E-state index contributed by atoms with van der Waals surface area (Å²) in [6, 6.07) is 0. The predicted molar refractivity (Wildman–Crippen MR) is 116 cm³/mol. The van der Waals surface area contributed by atoms with Crippen molar-refractivity contribution in [3.8, 4) is 0 Å². The molecule has 0 aromatic carbocycles. The van der Waals surface area contributed by atoms with E-state index >= 15 is 0 Å². The average Bonchev–Trinajstić information content (AvgIpc) is 2.66. The Morgan fingerprint density at radius 3 is 2.71 bits per heavy atom. The van der Waals surface area contributed by atoms with Gasteiger partial charge in [-0.2, -0.15) is 0 Å². The summed E-state index contributed by atoms with van der Waals surface area (Å²) in [5.41, 5.74) is 1.49. The Labute approximate surface area is 172 Å². The highest BCUT2D eigenvalue weighted by molar-refractivity contribution is 5.81. The average molecular weight is 385 g/mol. The molecule has 0 saturated heterocycles. The van der Waals surface area contributed by atoms with Gasteiger partial charge in [-0.25, -0.2) is 0 Å². The standard InChI is InChI=1S/C26H40O2/c1-5-18(3)25(28)16-22-8-6-7-21-11-9-19(4)24(26(21)22)12-10-20-13-17(2)14-23(27)15-20/h7,9,11,17-20,22,24,26H,5-6,8,10,12-16H2,1-4H3. The fourth-order valence-electron chi connectivity index (χ4n) is 6.10. The normalized spacial score (nSPS) is 36.6. The van der Waals surface area contributed by atoms with Crippen LogP contribution in [0.5, 0.6) is 0 Å². The van der Waals surface area contributed by atoms with E-state index in [1.165, 1.54) is 24.8 Å². The molecule has 28 heavy (non-hydrogen) atoms. The lowest BCUT2D eigenvalue weighted by molar-refractivity contribution is -0.124. The zero-order chi connectivity index (χ0) is 20.3. The summed E-state index contributed by atoms with van der Waals surface area (Å²) >= 11 is 0. The summed E-state index contributed by atoms with van der Waals surface area (Å²) in [4.78, 5) is 24.7. The lowest BCUT2D eigenvalue weighted by atomic mass is 9.61. The van der Waals surface area contributed by atoms with Crippen LogP contribution in [0.15, 0.2) is 23.8 Å². The number of hydrogen-bond donors (Lipinski definition) is 0. The molecule has 0 spiro atoms. The number of hydrogen-bond acceptors (Lipinski definition) is 2. The molecule has 3 aliphatic carbocycles. The number of rotatable bonds is 7. The highest BCUT2D eigenvalue weighted by Crippen LogP contribution is 2.47. The predicted octanol–water partition coefficient (Wildman–Crippen LogP) is 6.55. The van der Waals surface area contributed by atoms with Crippen molar-refractivity contribution in [2.75, 3.05) is 0 Å². The molecule has 0 radical (unpaired) electrons. The number of Topliss-reactive ketones (excluding diaryl/α,β-unsaturated/α-hetero) is 2. The van der Waals surface area contributed by atoms with Crippen LogP contribution in [0.4, 0.5) is 0 Å². The van der Waals surface area contributed by atoms with Crippen LogP contribution in [-0.2, 0) is 9.59 Å². The summed E-state index contributed by atoms with van der Waals surface area (Å²) in [6.07, 6.45) is 16.3. The number of ketones is 2. The van der Waals surface area contributed by atoms with E-state index in [0.29, 0.717) is 47.1 Å². The minimum Gasteiger partial charge on any atom is -0.300 e. The number of carbonyl (C=O) groups excluding carboxylic acids is 2. The number of carbonyl (C=O) groups is 2. The molecule has 7 atom stereocenters. The van der Waals surface area contributed by atoms with Crippen LogP contribution < -0.4 is 0 Å². The summed E-state index contributed by atoms with van der Waals surface area (Å²) in [5, 5.41) is 0. The Morgan fingerprint density at radius 2 is 2.00 bits per heavy atom. The maximum absolute atomic E-state index is 12.7. The van der Waals surface area contributed by atoms with Gasteiger partial charge in [0, 0.05) is 25.2 Å². The minimum absolute atomic E-state index is 0.194. The third-order valence-electron chi connectivity index (χ3n) is 7.90. The zero-order valence-corrected chi connectivity index (χ0v) is 18.5. The molecule has 0 aliphatic heterocycles. The molecule has 0 aromatic rings. The van der Waals surface area contributed by atoms with E-state index in [-0.39, 0.29) is 5.92 Å². The van der Waals surface area contributed by atoms with E-state index in [4.69, 9.17) is 0 Å². The fourth-order valence-corrected chi connectivity index (χ4v) is 6.10. The molecule has 0 bridgehead atoms. The molecule has 7 unspecified atom stereocenters. The second kappa shape index (κ2) is 9.55. The second-order valence-corrected chi connectivity index (χ2v) is 10.2. The van der Waals surface area contributed by atoms with E-state index in [2.05, 4.69) is 45.9 Å². The molecular formula is C26H40O2. The molecule has 0 aromatic heterocycles. The molecule has 2 nitrogen and oxygen atoms in total. The minimum atomic E-state index is 0.194. The third kappa shape index (κ3) is 5.05. The Morgan fingerprint density at radius 1 is 1.21 bits per heavy atom. The topological polar surface area (TPSA) is 34.1 Å². The van der Waals surface area contributed by atoms with E-state index < -0.39 is 0 Å². The molecule has 3 rings (SSSR count). The smallest absolute Gasteiger partial charge is 0.135 e. The van der Waals surface area contributed by atoms with Crippen LogP contribution in [0, 0.1) is 41.4 Å². The Balaban J connectivity index is 1.70. The first-order valence-corrected chi connectivity index (χ1v) is 11.8. The van der Waals surface area contributed by atoms with Gasteiger partial charge in [-0.05, 0) is 79.6 Å². The van der Waals surface area contributed by atoms with Gasteiger partial charge in [0.25, 0.3) is 0 Å². The van der Waals surface area contributed by atoms with Crippen molar-refractivity contribution in [2.24, 2.45) is 41.4 Å². The first-order valence-electron chi connectivity index (χ1n) is 11.8. The Bertz CT molecular complexity index is 628. The van der Waals surface area contributed by atoms with Crippen molar-refractivity contribution in [3.05, 3.63) is 23.8 Å². The van der Waals surface area contributed by atoms with Gasteiger partial charge in [-0.3, -0.25) is 9.59 Å². The monoisotopic (exact) mass is 384 g/mol. The van der Waals surface area contributed by atoms with Gasteiger partial charge >= 0.3 is 0 Å². The molecule has 1 saturated carbocycles. The van der Waals surface area contributed by atoms with Crippen LogP contribution in [-0.4, -0.2) is 11.6 Å². The van der Waals surface area contributed by atoms with Gasteiger partial charge in [0.1, 0.15) is 11.6 Å². The van der Waals surface area contributed by atoms with Crippen LogP contribution in [0.1, 0.15) is 85.5 Å². The summed E-state index contributed by atoms with van der Waals surface area (Å²) in [5.74, 6) is 4.49. The summed E-state index contributed by atoms with van der Waals surface area (Å²) in [6.45, 7) is 8.79. The summed E-state index contributed by atoms with van der Waals surface area (Å²) < 4.78 is 0. The SMILES string of the molecule is CCC(C)C(=O)CC1CCC=C2C=CC(C)C(CCC3CC(=O)CC(C)C3)C21. The number of fused-ring (bicyclic) bond motifs is 1. The van der Waals surface area contributed by atoms with Gasteiger partial charge in [-0.1, -0.05) is 45.9 Å². The van der Waals surface area contributed by atoms with Crippen molar-refractivity contribution in [1.82, 2.24) is 0 Å². The van der Waals surface area contributed by atoms with Gasteiger partial charge in [0.05, 0.1) is 0 Å². The van der Waals surface area contributed by atoms with Crippen molar-refractivity contribution in [1.29, 1.82) is 0 Å². The van der Waals surface area contributed by atoms with Crippen molar-refractivity contribution >= 4 is 11.6 Å². The van der Waals surface area contributed by atoms with Gasteiger partial charge in [0.15, 0.2) is 0 Å². The van der Waals surface area contributed by atoms with Gasteiger partial charge in [-0.15, -0.1) is 0 Å². The maximum Gasteiger partial charge on any atom is 0.135 e. The van der Waals surface area contributed by atoms with Crippen LogP contribution >= 0.6 is 0 Å². The molecule has 1 fully saturated rings. The van der Waals surface area contributed by atoms with Gasteiger partial charge in [0.2, 0.25) is 0 Å². The highest BCUT2D eigenvalue weighted by atomic mass is 16.1. The first-order chi connectivity index (χ1) is 13.4. The molecule has 0 heterocycles. The molecule has 2 heteroatoms. The summed E-state index contributed by atoms with van der Waals surface area (Å²) in [7, 11) is 0. The van der Waals surface area contributed by atoms with E-state index in [1.54, 1.807) is 0 Å². The van der Waals surface area contributed by atoms with E-state index in [0.717, 1.165) is 38.5 Å². The van der Waals surface area contributed by atoms with Crippen LogP contribution in [0.3, 0.4) is 0 Å². The van der Waals surface area contributed by atoms with Gasteiger partial charge < -0.3 is 0 Å². The Hall–Kier alpha value is -1.18. The maximum atomic E-state index is 12.7. The molecular weight excluding hydrogens is 344 g/mol. The van der Waals surface area contributed by atoms with E-state index in [9.17, 15) is 9.59 Å². The second-order valence-electron chi connectivity index (χ2n) is 10.2. The fraction of sp³-hybridized carbons (Fsp3) is 0.769. The van der Waals surface area contributed by atoms with Crippen molar-refractivity contribution in [3.63, 3.8) is 0 Å². The van der Waals surface area contributed by atoms with Crippen LogP contribution in [0.25, 0.3) is 0 Å². The molecule has 0 N–H and O–H groups in total. The molecule has 0 amide bonds. The third-order valence-corrected chi connectivity index (χ3v) is 7.90. The van der Waals surface area contributed by atoms with Crippen molar-refractivity contribution in [2.45, 2.75) is 85.5 Å². The lowest BCUT2D eigenvalue weighted by Crippen LogP contribution is -2.35.